The molecule has 0 bridgehead atoms. The van der Waals surface area contributed by atoms with Crippen LogP contribution in [0, 0.1) is 12.8 Å². The standard InChI is InChI=1S/C18H23N3OS/c1-12-20-16(11-23-12)14-9-15(19-10-14)18(22)21-8-4-7-17(21)13-5-2-3-6-13/h9-11,13,17,19H,2-8H2,1H3/t17-/m1/s1. The number of carbonyl (C=O) groups excluding carboxylic acids is 1. The summed E-state index contributed by atoms with van der Waals surface area (Å²) in [7, 11) is 0. The van der Waals surface area contributed by atoms with Crippen LogP contribution in [0.4, 0.5) is 0 Å². The van der Waals surface area contributed by atoms with Gasteiger partial charge < -0.3 is 9.88 Å². The minimum Gasteiger partial charge on any atom is -0.357 e. The lowest BCUT2D eigenvalue weighted by molar-refractivity contribution is 0.0684. The maximum Gasteiger partial charge on any atom is 0.270 e. The number of carbonyl (C=O) groups is 1. The van der Waals surface area contributed by atoms with E-state index < -0.39 is 0 Å². The van der Waals surface area contributed by atoms with Crippen LogP contribution in [-0.2, 0) is 0 Å². The summed E-state index contributed by atoms with van der Waals surface area (Å²) in [6.07, 6.45) is 9.48. The Labute approximate surface area is 140 Å². The molecular formula is C18H23N3OS. The van der Waals surface area contributed by atoms with Gasteiger partial charge in [-0.2, -0.15) is 0 Å². The van der Waals surface area contributed by atoms with Gasteiger partial charge >= 0.3 is 0 Å². The molecule has 1 aliphatic carbocycles. The molecule has 0 radical (unpaired) electrons. The number of likely N-dealkylation sites (tertiary alicyclic amines) is 1. The number of aromatic nitrogens is 2. The third-order valence-corrected chi connectivity index (χ3v) is 6.11. The van der Waals surface area contributed by atoms with Crippen LogP contribution in [0.15, 0.2) is 17.6 Å². The first kappa shape index (κ1) is 14.9. The first-order valence-electron chi connectivity index (χ1n) is 8.64. The number of nitrogens with one attached hydrogen (secondary N) is 1. The third kappa shape index (κ3) is 2.82. The predicted octanol–water partition coefficient (Wildman–Crippen LogP) is 4.24. The number of hydrogen-bond acceptors (Lipinski definition) is 3. The fourth-order valence-electron chi connectivity index (χ4n) is 4.19. The quantitative estimate of drug-likeness (QED) is 0.915. The zero-order valence-electron chi connectivity index (χ0n) is 13.5. The number of thiazole rings is 1. The van der Waals surface area contributed by atoms with Gasteiger partial charge in [0.1, 0.15) is 5.69 Å². The van der Waals surface area contributed by atoms with Crippen molar-refractivity contribution in [1.82, 2.24) is 14.9 Å². The van der Waals surface area contributed by atoms with Crippen LogP contribution in [-0.4, -0.2) is 33.4 Å². The lowest BCUT2D eigenvalue weighted by Crippen LogP contribution is -2.39. The number of nitrogens with zero attached hydrogens (tertiary/aromatic N) is 2. The van der Waals surface area contributed by atoms with E-state index in [1.54, 1.807) is 11.3 Å². The molecule has 2 aliphatic rings. The molecule has 3 heterocycles. The molecular weight excluding hydrogens is 306 g/mol. The molecule has 2 aromatic heterocycles. The molecule has 1 aliphatic heterocycles. The highest BCUT2D eigenvalue weighted by Gasteiger charge is 2.36. The minimum atomic E-state index is 0.164. The van der Waals surface area contributed by atoms with Crippen molar-refractivity contribution in [3.63, 3.8) is 0 Å². The predicted molar refractivity (Wildman–Crippen MR) is 92.7 cm³/mol. The molecule has 1 N–H and O–H groups in total. The average molecular weight is 329 g/mol. The Kier molecular flexibility index (Phi) is 3.97. The number of hydrogen-bond donors (Lipinski definition) is 1. The maximum atomic E-state index is 12.9. The smallest absolute Gasteiger partial charge is 0.270 e. The van der Waals surface area contributed by atoms with E-state index in [1.165, 1.54) is 32.1 Å². The van der Waals surface area contributed by atoms with Crippen molar-refractivity contribution in [2.75, 3.05) is 6.54 Å². The van der Waals surface area contributed by atoms with E-state index in [2.05, 4.69) is 14.9 Å². The van der Waals surface area contributed by atoms with Crippen LogP contribution in [0.5, 0.6) is 0 Å². The highest BCUT2D eigenvalue weighted by Crippen LogP contribution is 2.36. The van der Waals surface area contributed by atoms with Gasteiger partial charge in [-0.05, 0) is 44.6 Å². The second-order valence-corrected chi connectivity index (χ2v) is 7.87. The van der Waals surface area contributed by atoms with Crippen molar-refractivity contribution >= 4 is 17.2 Å². The van der Waals surface area contributed by atoms with Gasteiger partial charge in [-0.1, -0.05) is 12.8 Å². The SMILES string of the molecule is Cc1nc(-c2c[nH]c(C(=O)N3CCC[C@@H]3C3CCCC3)c2)cs1. The number of H-pyrrole nitrogens is 1. The highest BCUT2D eigenvalue weighted by molar-refractivity contribution is 7.09. The van der Waals surface area contributed by atoms with E-state index in [0.717, 1.165) is 35.1 Å². The summed E-state index contributed by atoms with van der Waals surface area (Å²) in [6, 6.07) is 2.42. The first-order valence-corrected chi connectivity index (χ1v) is 9.52. The van der Waals surface area contributed by atoms with Crippen LogP contribution in [0.1, 0.15) is 54.0 Å². The summed E-state index contributed by atoms with van der Waals surface area (Å²) < 4.78 is 0. The summed E-state index contributed by atoms with van der Waals surface area (Å²) in [5.74, 6) is 0.884. The van der Waals surface area contributed by atoms with Crippen molar-refractivity contribution in [2.24, 2.45) is 5.92 Å². The van der Waals surface area contributed by atoms with E-state index in [0.29, 0.717) is 11.7 Å². The zero-order chi connectivity index (χ0) is 15.8. The third-order valence-electron chi connectivity index (χ3n) is 5.33. The molecule has 2 fully saturated rings. The molecule has 1 saturated heterocycles. The topological polar surface area (TPSA) is 49.0 Å². The van der Waals surface area contributed by atoms with E-state index in [-0.39, 0.29) is 5.91 Å². The van der Waals surface area contributed by atoms with Crippen molar-refractivity contribution < 1.29 is 4.79 Å². The normalized spacial score (nSPS) is 22.1. The Hall–Kier alpha value is -1.62. The second kappa shape index (κ2) is 6.11. The van der Waals surface area contributed by atoms with Crippen molar-refractivity contribution in [1.29, 1.82) is 0 Å². The molecule has 122 valence electrons. The molecule has 0 spiro atoms. The van der Waals surface area contributed by atoms with Crippen molar-refractivity contribution in [3.8, 4) is 11.3 Å². The van der Waals surface area contributed by atoms with Crippen LogP contribution in [0.2, 0.25) is 0 Å². The number of aryl methyl sites for hydroxylation is 1. The van der Waals surface area contributed by atoms with Crippen LogP contribution in [0.25, 0.3) is 11.3 Å². The fraction of sp³-hybridized carbons (Fsp3) is 0.556. The van der Waals surface area contributed by atoms with Crippen LogP contribution >= 0.6 is 11.3 Å². The molecule has 1 atom stereocenters. The van der Waals surface area contributed by atoms with Gasteiger partial charge in [0.25, 0.3) is 5.91 Å². The number of aromatic amines is 1. The van der Waals surface area contributed by atoms with E-state index in [9.17, 15) is 4.79 Å². The van der Waals surface area contributed by atoms with E-state index in [4.69, 9.17) is 0 Å². The average Bonchev–Trinajstić information content (AvgIpc) is 3.31. The Morgan fingerprint density at radius 3 is 2.87 bits per heavy atom. The molecule has 0 unspecified atom stereocenters. The van der Waals surface area contributed by atoms with Crippen LogP contribution < -0.4 is 0 Å². The van der Waals surface area contributed by atoms with Gasteiger partial charge in [0.2, 0.25) is 0 Å². The van der Waals surface area contributed by atoms with Crippen molar-refractivity contribution in [3.05, 3.63) is 28.3 Å². The first-order chi connectivity index (χ1) is 11.2. The van der Waals surface area contributed by atoms with Gasteiger partial charge in [-0.25, -0.2) is 4.98 Å². The molecule has 1 amide bonds. The molecule has 1 saturated carbocycles. The van der Waals surface area contributed by atoms with E-state index in [1.807, 2.05) is 24.6 Å². The maximum absolute atomic E-state index is 12.9. The van der Waals surface area contributed by atoms with Gasteiger partial charge in [0.05, 0.1) is 10.7 Å². The van der Waals surface area contributed by atoms with Crippen molar-refractivity contribution in [2.45, 2.75) is 51.5 Å². The number of amides is 1. The highest BCUT2D eigenvalue weighted by atomic mass is 32.1. The Morgan fingerprint density at radius 2 is 2.13 bits per heavy atom. The summed E-state index contributed by atoms with van der Waals surface area (Å²) in [6.45, 7) is 2.91. The van der Waals surface area contributed by atoms with Gasteiger partial charge in [0.15, 0.2) is 0 Å². The van der Waals surface area contributed by atoms with Crippen LogP contribution in [0.3, 0.4) is 0 Å². The summed E-state index contributed by atoms with van der Waals surface area (Å²) >= 11 is 1.64. The summed E-state index contributed by atoms with van der Waals surface area (Å²) in [4.78, 5) is 22.7. The molecule has 4 nitrogen and oxygen atoms in total. The molecule has 23 heavy (non-hydrogen) atoms. The lowest BCUT2D eigenvalue weighted by atomic mass is 9.96. The van der Waals surface area contributed by atoms with Gasteiger partial charge in [0, 0.05) is 29.7 Å². The van der Waals surface area contributed by atoms with E-state index >= 15 is 0 Å². The number of rotatable bonds is 3. The molecule has 0 aromatic carbocycles. The Bertz CT molecular complexity index is 699. The molecule has 2 aromatic rings. The minimum absolute atomic E-state index is 0.164. The fourth-order valence-corrected chi connectivity index (χ4v) is 4.82. The Balaban J connectivity index is 1.53. The summed E-state index contributed by atoms with van der Waals surface area (Å²) in [5.41, 5.74) is 2.67. The summed E-state index contributed by atoms with van der Waals surface area (Å²) in [5, 5.41) is 3.10. The van der Waals surface area contributed by atoms with Gasteiger partial charge in [-0.15, -0.1) is 11.3 Å². The Morgan fingerprint density at radius 1 is 1.30 bits per heavy atom. The lowest BCUT2D eigenvalue weighted by Gasteiger charge is -2.29. The second-order valence-electron chi connectivity index (χ2n) is 6.81. The largest absolute Gasteiger partial charge is 0.357 e. The zero-order valence-corrected chi connectivity index (χ0v) is 14.4. The monoisotopic (exact) mass is 329 g/mol. The van der Waals surface area contributed by atoms with Gasteiger partial charge in [-0.3, -0.25) is 4.79 Å². The molecule has 4 rings (SSSR count). The molecule has 5 heteroatoms.